The molecule has 0 spiro atoms. The van der Waals surface area contributed by atoms with Crippen LogP contribution in [-0.2, 0) is 16.6 Å². The summed E-state index contributed by atoms with van der Waals surface area (Å²) >= 11 is 0. The van der Waals surface area contributed by atoms with Gasteiger partial charge in [0, 0.05) is 26.7 Å². The van der Waals surface area contributed by atoms with E-state index in [1.165, 1.54) is 17.1 Å². The number of nitrogens with zero attached hydrogens (tertiary/aromatic N) is 2. The maximum absolute atomic E-state index is 12.5. The van der Waals surface area contributed by atoms with E-state index >= 15 is 0 Å². The zero-order valence-corrected chi connectivity index (χ0v) is 12.8. The van der Waals surface area contributed by atoms with Crippen LogP contribution >= 0.6 is 0 Å². The minimum Gasteiger partial charge on any atom is -0.326 e. The summed E-state index contributed by atoms with van der Waals surface area (Å²) in [5.74, 6) is 0. The molecule has 0 amide bonds. The molecule has 1 aliphatic heterocycles. The zero-order valence-electron chi connectivity index (χ0n) is 12.0. The molecule has 0 saturated carbocycles. The standard InChI is InChI=1S/C14H23N3O2S/c1-16(9-10-17-7-2-3-8-17)20(18,19)14-6-4-5-13(11-14)12-15/h4-6,11H,2-3,7-10,12,15H2,1H3. The molecule has 5 nitrogen and oxygen atoms in total. The number of hydrogen-bond donors (Lipinski definition) is 1. The molecule has 1 saturated heterocycles. The van der Waals surface area contributed by atoms with E-state index in [4.69, 9.17) is 5.73 Å². The number of likely N-dealkylation sites (tertiary alicyclic amines) is 1. The van der Waals surface area contributed by atoms with Crippen molar-refractivity contribution in [3.05, 3.63) is 29.8 Å². The van der Waals surface area contributed by atoms with Gasteiger partial charge in [0.15, 0.2) is 0 Å². The molecule has 1 aromatic rings. The summed E-state index contributed by atoms with van der Waals surface area (Å²) in [7, 11) is -1.77. The van der Waals surface area contributed by atoms with Crippen LogP contribution < -0.4 is 5.73 Å². The Labute approximate surface area is 121 Å². The minimum absolute atomic E-state index is 0.323. The molecule has 0 unspecified atom stereocenters. The van der Waals surface area contributed by atoms with E-state index in [2.05, 4.69) is 4.90 Å². The van der Waals surface area contributed by atoms with Crippen LogP contribution in [-0.4, -0.2) is 50.8 Å². The molecule has 0 aromatic heterocycles. The molecular formula is C14H23N3O2S. The lowest BCUT2D eigenvalue weighted by Crippen LogP contribution is -2.35. The molecule has 1 fully saturated rings. The summed E-state index contributed by atoms with van der Waals surface area (Å²) in [5, 5.41) is 0. The van der Waals surface area contributed by atoms with Gasteiger partial charge in [-0.2, -0.15) is 4.31 Å². The van der Waals surface area contributed by atoms with Gasteiger partial charge in [0.1, 0.15) is 0 Å². The van der Waals surface area contributed by atoms with Crippen LogP contribution in [0.1, 0.15) is 18.4 Å². The number of rotatable bonds is 6. The van der Waals surface area contributed by atoms with Gasteiger partial charge in [-0.15, -0.1) is 0 Å². The SMILES string of the molecule is CN(CCN1CCCC1)S(=O)(=O)c1cccc(CN)c1. The van der Waals surface area contributed by atoms with E-state index in [9.17, 15) is 8.42 Å². The highest BCUT2D eigenvalue weighted by molar-refractivity contribution is 7.89. The third-order valence-electron chi connectivity index (χ3n) is 3.77. The average Bonchev–Trinajstić information content (AvgIpc) is 2.98. The predicted octanol–water partition coefficient (Wildman–Crippen LogP) is 0.862. The van der Waals surface area contributed by atoms with E-state index in [-0.39, 0.29) is 0 Å². The van der Waals surface area contributed by atoms with Gasteiger partial charge in [0.2, 0.25) is 10.0 Å². The van der Waals surface area contributed by atoms with Crippen LogP contribution in [0.2, 0.25) is 0 Å². The molecule has 1 aromatic carbocycles. The van der Waals surface area contributed by atoms with Crippen LogP contribution in [0.25, 0.3) is 0 Å². The Hall–Kier alpha value is -0.950. The van der Waals surface area contributed by atoms with Crippen molar-refractivity contribution in [2.45, 2.75) is 24.3 Å². The van der Waals surface area contributed by atoms with Crippen LogP contribution in [0.3, 0.4) is 0 Å². The van der Waals surface area contributed by atoms with Crippen molar-refractivity contribution in [1.82, 2.24) is 9.21 Å². The molecule has 2 rings (SSSR count). The van der Waals surface area contributed by atoms with E-state index in [1.807, 2.05) is 6.07 Å². The lowest BCUT2D eigenvalue weighted by Gasteiger charge is -2.21. The minimum atomic E-state index is -3.41. The Morgan fingerprint density at radius 1 is 1.30 bits per heavy atom. The van der Waals surface area contributed by atoms with Gasteiger partial charge in [-0.3, -0.25) is 0 Å². The second kappa shape index (κ2) is 6.67. The maximum atomic E-state index is 12.5. The third-order valence-corrected chi connectivity index (χ3v) is 5.62. The fourth-order valence-corrected chi connectivity index (χ4v) is 3.65. The highest BCUT2D eigenvalue weighted by Crippen LogP contribution is 2.16. The largest absolute Gasteiger partial charge is 0.326 e. The number of hydrogen-bond acceptors (Lipinski definition) is 4. The fourth-order valence-electron chi connectivity index (χ4n) is 2.42. The molecular weight excluding hydrogens is 274 g/mol. The smallest absolute Gasteiger partial charge is 0.242 e. The Bertz CT molecular complexity index is 539. The van der Waals surface area contributed by atoms with Crippen molar-refractivity contribution in [3.63, 3.8) is 0 Å². The van der Waals surface area contributed by atoms with Crippen LogP contribution in [0.4, 0.5) is 0 Å². The summed E-state index contributed by atoms with van der Waals surface area (Å²) < 4.78 is 26.4. The molecule has 2 N–H and O–H groups in total. The number of sulfonamides is 1. The molecule has 1 heterocycles. The summed E-state index contributed by atoms with van der Waals surface area (Å²) in [5.41, 5.74) is 6.40. The molecule has 0 radical (unpaired) electrons. The molecule has 1 aliphatic rings. The van der Waals surface area contributed by atoms with Gasteiger partial charge in [0.05, 0.1) is 4.90 Å². The Morgan fingerprint density at radius 2 is 2.00 bits per heavy atom. The highest BCUT2D eigenvalue weighted by Gasteiger charge is 2.22. The quantitative estimate of drug-likeness (QED) is 0.846. The zero-order chi connectivity index (χ0) is 14.6. The predicted molar refractivity (Wildman–Crippen MR) is 79.8 cm³/mol. The highest BCUT2D eigenvalue weighted by atomic mass is 32.2. The Kier molecular flexibility index (Phi) is 5.15. The first-order valence-electron chi connectivity index (χ1n) is 7.02. The van der Waals surface area contributed by atoms with Gasteiger partial charge in [-0.1, -0.05) is 12.1 Å². The summed E-state index contributed by atoms with van der Waals surface area (Å²) in [4.78, 5) is 2.63. The average molecular weight is 297 g/mol. The number of likely N-dealkylation sites (N-methyl/N-ethyl adjacent to an activating group) is 1. The lowest BCUT2D eigenvalue weighted by molar-refractivity contribution is 0.310. The maximum Gasteiger partial charge on any atom is 0.242 e. The van der Waals surface area contributed by atoms with E-state index in [0.717, 1.165) is 25.2 Å². The molecule has 6 heteroatoms. The molecule has 0 aliphatic carbocycles. The second-order valence-electron chi connectivity index (χ2n) is 5.23. The van der Waals surface area contributed by atoms with E-state index in [0.29, 0.717) is 18.0 Å². The summed E-state index contributed by atoms with van der Waals surface area (Å²) in [6.45, 7) is 3.83. The van der Waals surface area contributed by atoms with Crippen LogP contribution in [0, 0.1) is 0 Å². The lowest BCUT2D eigenvalue weighted by atomic mass is 10.2. The molecule has 0 bridgehead atoms. The first-order chi connectivity index (χ1) is 9.54. The fraction of sp³-hybridized carbons (Fsp3) is 0.571. The van der Waals surface area contributed by atoms with Crippen molar-refractivity contribution < 1.29 is 8.42 Å². The van der Waals surface area contributed by atoms with Crippen LogP contribution in [0.5, 0.6) is 0 Å². The topological polar surface area (TPSA) is 66.6 Å². The Morgan fingerprint density at radius 3 is 2.65 bits per heavy atom. The summed E-state index contributed by atoms with van der Waals surface area (Å²) in [6, 6.07) is 6.86. The molecule has 112 valence electrons. The van der Waals surface area contributed by atoms with Crippen LogP contribution in [0.15, 0.2) is 29.2 Å². The van der Waals surface area contributed by atoms with E-state index in [1.54, 1.807) is 25.2 Å². The monoisotopic (exact) mass is 297 g/mol. The van der Waals surface area contributed by atoms with Crippen molar-refractivity contribution >= 4 is 10.0 Å². The van der Waals surface area contributed by atoms with Gasteiger partial charge in [-0.05, 0) is 43.6 Å². The first kappa shape index (κ1) is 15.4. The van der Waals surface area contributed by atoms with Gasteiger partial charge in [-0.25, -0.2) is 8.42 Å². The number of benzene rings is 1. The van der Waals surface area contributed by atoms with Crippen molar-refractivity contribution in [2.24, 2.45) is 5.73 Å². The first-order valence-corrected chi connectivity index (χ1v) is 8.46. The van der Waals surface area contributed by atoms with Gasteiger partial charge < -0.3 is 10.6 Å². The van der Waals surface area contributed by atoms with Gasteiger partial charge in [0.25, 0.3) is 0 Å². The van der Waals surface area contributed by atoms with Gasteiger partial charge >= 0.3 is 0 Å². The van der Waals surface area contributed by atoms with E-state index < -0.39 is 10.0 Å². The second-order valence-corrected chi connectivity index (χ2v) is 7.27. The van der Waals surface area contributed by atoms with Crippen molar-refractivity contribution in [2.75, 3.05) is 33.2 Å². The molecule has 20 heavy (non-hydrogen) atoms. The van der Waals surface area contributed by atoms with Crippen molar-refractivity contribution in [3.8, 4) is 0 Å². The third kappa shape index (κ3) is 3.58. The summed E-state index contributed by atoms with van der Waals surface area (Å²) in [6.07, 6.45) is 2.43. The molecule has 0 atom stereocenters. The van der Waals surface area contributed by atoms with Crippen molar-refractivity contribution in [1.29, 1.82) is 0 Å². The normalized spacial score (nSPS) is 16.9. The number of nitrogens with two attached hydrogens (primary N) is 1. The Balaban J connectivity index is 2.03.